The number of rotatable bonds is 8. The van der Waals surface area contributed by atoms with E-state index in [0.717, 1.165) is 31.0 Å². The van der Waals surface area contributed by atoms with Crippen LogP contribution in [0.2, 0.25) is 0 Å². The Morgan fingerprint density at radius 3 is 2.66 bits per heavy atom. The van der Waals surface area contributed by atoms with E-state index in [-0.39, 0.29) is 11.3 Å². The van der Waals surface area contributed by atoms with Crippen molar-refractivity contribution in [1.29, 1.82) is 0 Å². The van der Waals surface area contributed by atoms with Crippen LogP contribution < -0.4 is 10.1 Å². The molecule has 29 heavy (non-hydrogen) atoms. The van der Waals surface area contributed by atoms with E-state index in [1.54, 1.807) is 13.3 Å². The van der Waals surface area contributed by atoms with Crippen molar-refractivity contribution >= 4 is 11.7 Å². The van der Waals surface area contributed by atoms with Crippen LogP contribution in [0, 0.1) is 0 Å². The first kappa shape index (κ1) is 21.1. The summed E-state index contributed by atoms with van der Waals surface area (Å²) in [5, 5.41) is 3.39. The number of pyridine rings is 1. The number of hydrogen-bond acceptors (Lipinski definition) is 5. The van der Waals surface area contributed by atoms with Crippen LogP contribution in [-0.2, 0) is 10.2 Å². The molecule has 0 spiro atoms. The van der Waals surface area contributed by atoms with E-state index < -0.39 is 0 Å². The highest BCUT2D eigenvalue weighted by atomic mass is 16.5. The van der Waals surface area contributed by atoms with Crippen molar-refractivity contribution in [2.24, 2.45) is 0 Å². The third kappa shape index (κ3) is 5.07. The molecule has 1 aromatic carbocycles. The van der Waals surface area contributed by atoms with E-state index in [4.69, 9.17) is 9.47 Å². The zero-order valence-corrected chi connectivity index (χ0v) is 17.6. The second-order valence-corrected chi connectivity index (χ2v) is 7.63. The Balaban J connectivity index is 1.58. The molecule has 6 heteroatoms. The molecule has 1 aliphatic heterocycles. The molecular formula is C23H31N3O3. The lowest BCUT2D eigenvalue weighted by Gasteiger charge is -2.30. The van der Waals surface area contributed by atoms with Crippen molar-refractivity contribution in [3.8, 4) is 5.75 Å². The van der Waals surface area contributed by atoms with Crippen LogP contribution >= 0.6 is 0 Å². The Kier molecular flexibility index (Phi) is 7.09. The van der Waals surface area contributed by atoms with Crippen molar-refractivity contribution in [2.45, 2.75) is 32.1 Å². The van der Waals surface area contributed by atoms with Gasteiger partial charge in [-0.1, -0.05) is 32.0 Å². The van der Waals surface area contributed by atoms with E-state index in [2.05, 4.69) is 36.3 Å². The highest BCUT2D eigenvalue weighted by Gasteiger charge is 2.27. The normalized spacial score (nSPS) is 16.2. The van der Waals surface area contributed by atoms with Gasteiger partial charge in [-0.15, -0.1) is 0 Å². The van der Waals surface area contributed by atoms with Gasteiger partial charge in [0, 0.05) is 31.4 Å². The van der Waals surface area contributed by atoms with E-state index in [1.165, 1.54) is 5.56 Å². The van der Waals surface area contributed by atoms with Gasteiger partial charge in [-0.2, -0.15) is 0 Å². The second kappa shape index (κ2) is 9.74. The monoisotopic (exact) mass is 397 g/mol. The third-order valence-electron chi connectivity index (χ3n) is 5.83. The maximum Gasteiger partial charge on any atom is 0.255 e. The summed E-state index contributed by atoms with van der Waals surface area (Å²) in [5.74, 6) is 1.73. The lowest BCUT2D eigenvalue weighted by Crippen LogP contribution is -2.40. The molecule has 1 N–H and O–H groups in total. The van der Waals surface area contributed by atoms with Crippen LogP contribution in [0.1, 0.15) is 42.6 Å². The number of para-hydroxylation sites is 1. The minimum atomic E-state index is 0.00580. The van der Waals surface area contributed by atoms with Gasteiger partial charge in [-0.3, -0.25) is 4.79 Å². The fourth-order valence-corrected chi connectivity index (χ4v) is 3.69. The number of carbonyl (C=O) groups is 1. The number of aromatic nitrogens is 1. The summed E-state index contributed by atoms with van der Waals surface area (Å²) in [6, 6.07) is 11.9. The number of methoxy groups -OCH3 is 1. The SMILES string of the molecule is CCC(C)(CCNc1ccc(C(=O)N2CCOCC2)cn1)c1ccccc1OC. The molecule has 1 unspecified atom stereocenters. The van der Waals surface area contributed by atoms with Crippen molar-refractivity contribution in [3.63, 3.8) is 0 Å². The van der Waals surface area contributed by atoms with E-state index in [1.807, 2.05) is 29.2 Å². The van der Waals surface area contributed by atoms with Gasteiger partial charge in [0.25, 0.3) is 5.91 Å². The van der Waals surface area contributed by atoms with Crippen LogP contribution in [0.25, 0.3) is 0 Å². The van der Waals surface area contributed by atoms with Gasteiger partial charge in [0.2, 0.25) is 0 Å². The highest BCUT2D eigenvalue weighted by molar-refractivity contribution is 5.94. The summed E-state index contributed by atoms with van der Waals surface area (Å²) in [6.07, 6.45) is 3.61. The van der Waals surface area contributed by atoms with Crippen LogP contribution in [0.15, 0.2) is 42.6 Å². The molecule has 0 bridgehead atoms. The van der Waals surface area contributed by atoms with Gasteiger partial charge in [0.1, 0.15) is 11.6 Å². The van der Waals surface area contributed by atoms with Crippen LogP contribution in [0.4, 0.5) is 5.82 Å². The molecule has 1 atom stereocenters. The number of morpholine rings is 1. The second-order valence-electron chi connectivity index (χ2n) is 7.63. The van der Waals surface area contributed by atoms with Crippen LogP contribution in [0.5, 0.6) is 5.75 Å². The maximum atomic E-state index is 12.5. The summed E-state index contributed by atoms with van der Waals surface area (Å²) in [7, 11) is 1.72. The standard InChI is InChI=1S/C23H31N3O3/c1-4-23(2,19-7-5-6-8-20(19)28-3)11-12-24-21-10-9-18(17-25-21)22(27)26-13-15-29-16-14-26/h5-10,17H,4,11-16H2,1-3H3,(H,24,25). The van der Waals surface area contributed by atoms with Gasteiger partial charge < -0.3 is 19.7 Å². The Hall–Kier alpha value is -2.60. The summed E-state index contributed by atoms with van der Waals surface area (Å²) in [4.78, 5) is 18.8. The summed E-state index contributed by atoms with van der Waals surface area (Å²) >= 11 is 0. The minimum absolute atomic E-state index is 0.00580. The first-order valence-corrected chi connectivity index (χ1v) is 10.3. The molecule has 0 radical (unpaired) electrons. The number of benzene rings is 1. The first-order valence-electron chi connectivity index (χ1n) is 10.3. The zero-order chi connectivity index (χ0) is 20.7. The molecule has 1 aliphatic rings. The molecular weight excluding hydrogens is 366 g/mol. The topological polar surface area (TPSA) is 63.7 Å². The highest BCUT2D eigenvalue weighted by Crippen LogP contribution is 2.37. The molecule has 3 rings (SSSR count). The van der Waals surface area contributed by atoms with Crippen molar-refractivity contribution in [2.75, 3.05) is 45.3 Å². The molecule has 2 heterocycles. The molecule has 1 saturated heterocycles. The molecule has 1 fully saturated rings. The Morgan fingerprint density at radius 2 is 2.00 bits per heavy atom. The quantitative estimate of drug-likeness (QED) is 0.735. The average Bonchev–Trinajstić information content (AvgIpc) is 2.79. The predicted molar refractivity (Wildman–Crippen MR) is 115 cm³/mol. The number of hydrogen-bond donors (Lipinski definition) is 1. The third-order valence-corrected chi connectivity index (χ3v) is 5.83. The fraction of sp³-hybridized carbons (Fsp3) is 0.478. The molecule has 1 aromatic heterocycles. The average molecular weight is 398 g/mol. The van der Waals surface area contributed by atoms with Gasteiger partial charge in [-0.05, 0) is 36.5 Å². The summed E-state index contributed by atoms with van der Waals surface area (Å²) in [6.45, 7) is 7.73. The maximum absolute atomic E-state index is 12.5. The molecule has 1 amide bonds. The lowest BCUT2D eigenvalue weighted by atomic mass is 9.77. The number of nitrogens with zero attached hydrogens (tertiary/aromatic N) is 2. The van der Waals surface area contributed by atoms with Crippen LogP contribution in [0.3, 0.4) is 0 Å². The lowest BCUT2D eigenvalue weighted by molar-refractivity contribution is 0.0302. The van der Waals surface area contributed by atoms with Crippen LogP contribution in [-0.4, -0.2) is 55.7 Å². The summed E-state index contributed by atoms with van der Waals surface area (Å²) in [5.41, 5.74) is 1.85. The number of nitrogens with one attached hydrogen (secondary N) is 1. The van der Waals surface area contributed by atoms with E-state index in [9.17, 15) is 4.79 Å². The molecule has 2 aromatic rings. The van der Waals surface area contributed by atoms with E-state index >= 15 is 0 Å². The van der Waals surface area contributed by atoms with Gasteiger partial charge >= 0.3 is 0 Å². The minimum Gasteiger partial charge on any atom is -0.496 e. The number of carbonyl (C=O) groups excluding carboxylic acids is 1. The number of ether oxygens (including phenoxy) is 2. The Bertz CT molecular complexity index is 803. The number of anilines is 1. The molecule has 156 valence electrons. The van der Waals surface area contributed by atoms with Gasteiger partial charge in [-0.25, -0.2) is 4.98 Å². The zero-order valence-electron chi connectivity index (χ0n) is 17.6. The van der Waals surface area contributed by atoms with Crippen molar-refractivity contribution < 1.29 is 14.3 Å². The van der Waals surface area contributed by atoms with Gasteiger partial charge in [0.05, 0.1) is 25.9 Å². The number of amides is 1. The predicted octanol–water partition coefficient (Wildman–Crippen LogP) is 3.73. The van der Waals surface area contributed by atoms with Crippen molar-refractivity contribution in [3.05, 3.63) is 53.7 Å². The Labute approximate surface area is 173 Å². The molecule has 0 saturated carbocycles. The van der Waals surface area contributed by atoms with Crippen molar-refractivity contribution in [1.82, 2.24) is 9.88 Å². The smallest absolute Gasteiger partial charge is 0.255 e. The summed E-state index contributed by atoms with van der Waals surface area (Å²) < 4.78 is 10.9. The largest absolute Gasteiger partial charge is 0.496 e. The van der Waals surface area contributed by atoms with Gasteiger partial charge in [0.15, 0.2) is 0 Å². The Morgan fingerprint density at radius 1 is 1.24 bits per heavy atom. The molecule has 0 aliphatic carbocycles. The molecule has 6 nitrogen and oxygen atoms in total. The first-order chi connectivity index (χ1) is 14.1. The van der Waals surface area contributed by atoms with E-state index in [0.29, 0.717) is 31.9 Å². The fourth-order valence-electron chi connectivity index (χ4n) is 3.69.